The fourth-order valence-corrected chi connectivity index (χ4v) is 2.80. The number of ether oxygens (including phenoxy) is 1. The van der Waals surface area contributed by atoms with E-state index in [0.717, 1.165) is 35.3 Å². The molecule has 0 aliphatic carbocycles. The molecule has 0 bridgehead atoms. The Kier molecular flexibility index (Phi) is 5.28. The molecule has 0 aliphatic rings. The van der Waals surface area contributed by atoms with E-state index in [2.05, 4.69) is 19.9 Å². The maximum atomic E-state index is 12.1. The molecule has 1 amide bonds. The number of imidazole rings is 1. The van der Waals surface area contributed by atoms with E-state index in [1.807, 2.05) is 43.5 Å². The minimum atomic E-state index is 0.0395. The monoisotopic (exact) mass is 338 g/mol. The Morgan fingerprint density at radius 3 is 2.92 bits per heavy atom. The molecule has 2 aromatic heterocycles. The zero-order valence-corrected chi connectivity index (χ0v) is 14.5. The predicted octanol–water partition coefficient (Wildman–Crippen LogP) is 2.84. The van der Waals surface area contributed by atoms with Gasteiger partial charge in [-0.2, -0.15) is 0 Å². The zero-order chi connectivity index (χ0) is 17.6. The minimum absolute atomic E-state index is 0.0395. The summed E-state index contributed by atoms with van der Waals surface area (Å²) in [6.45, 7) is 3.22. The second-order valence-electron chi connectivity index (χ2n) is 5.89. The van der Waals surface area contributed by atoms with Crippen LogP contribution < -0.4 is 10.1 Å². The number of hydrogen-bond donors (Lipinski definition) is 1. The van der Waals surface area contributed by atoms with E-state index < -0.39 is 0 Å². The number of aromatic nitrogens is 3. The Hall–Kier alpha value is -2.89. The third kappa shape index (κ3) is 4.15. The number of benzene rings is 1. The average Bonchev–Trinajstić information content (AvgIpc) is 3.04. The van der Waals surface area contributed by atoms with Crippen LogP contribution in [0, 0.1) is 6.92 Å². The lowest BCUT2D eigenvalue weighted by molar-refractivity contribution is -0.121. The van der Waals surface area contributed by atoms with Crippen LogP contribution in [0.3, 0.4) is 0 Å². The van der Waals surface area contributed by atoms with Crippen molar-refractivity contribution in [2.45, 2.75) is 32.9 Å². The summed E-state index contributed by atoms with van der Waals surface area (Å²) < 4.78 is 7.30. The van der Waals surface area contributed by atoms with Crippen molar-refractivity contribution >= 4 is 16.8 Å². The van der Waals surface area contributed by atoms with Crippen molar-refractivity contribution in [2.24, 2.45) is 0 Å². The van der Waals surface area contributed by atoms with Crippen LogP contribution in [0.2, 0.25) is 0 Å². The van der Waals surface area contributed by atoms with Crippen LogP contribution in [0.5, 0.6) is 5.88 Å². The summed E-state index contributed by atoms with van der Waals surface area (Å²) in [6.07, 6.45) is 4.97. The maximum Gasteiger partial charge on any atom is 0.220 e. The lowest BCUT2D eigenvalue weighted by atomic mass is 10.1. The molecule has 0 unspecified atom stereocenters. The van der Waals surface area contributed by atoms with E-state index in [9.17, 15) is 4.79 Å². The first-order chi connectivity index (χ1) is 12.2. The van der Waals surface area contributed by atoms with Crippen molar-refractivity contribution in [3.63, 3.8) is 0 Å². The second kappa shape index (κ2) is 7.79. The summed E-state index contributed by atoms with van der Waals surface area (Å²) in [7, 11) is 1.59. The summed E-state index contributed by atoms with van der Waals surface area (Å²) in [6, 6.07) is 9.73. The van der Waals surface area contributed by atoms with Gasteiger partial charge in [0, 0.05) is 43.4 Å². The number of pyridine rings is 1. The molecule has 6 heteroatoms. The molecule has 2 heterocycles. The number of carbonyl (C=O) groups excluding carboxylic acids is 1. The smallest absolute Gasteiger partial charge is 0.220 e. The Labute approximate surface area is 146 Å². The van der Waals surface area contributed by atoms with Crippen LogP contribution in [-0.4, -0.2) is 27.6 Å². The van der Waals surface area contributed by atoms with Gasteiger partial charge in [-0.15, -0.1) is 0 Å². The van der Waals surface area contributed by atoms with E-state index >= 15 is 0 Å². The van der Waals surface area contributed by atoms with E-state index in [0.29, 0.717) is 18.8 Å². The number of methoxy groups -OCH3 is 1. The van der Waals surface area contributed by atoms with Gasteiger partial charge in [-0.3, -0.25) is 4.79 Å². The van der Waals surface area contributed by atoms with Crippen molar-refractivity contribution in [1.82, 2.24) is 19.9 Å². The number of nitrogens with zero attached hydrogens (tertiary/aromatic N) is 3. The maximum absolute atomic E-state index is 12.1. The Bertz CT molecular complexity index is 873. The molecule has 0 saturated heterocycles. The van der Waals surface area contributed by atoms with Crippen molar-refractivity contribution in [2.75, 3.05) is 7.11 Å². The van der Waals surface area contributed by atoms with Gasteiger partial charge in [-0.05, 0) is 25.0 Å². The summed E-state index contributed by atoms with van der Waals surface area (Å²) in [5, 5.41) is 4.02. The number of para-hydroxylation sites is 1. The highest BCUT2D eigenvalue weighted by Gasteiger charge is 2.08. The lowest BCUT2D eigenvalue weighted by Gasteiger charge is -2.10. The quantitative estimate of drug-likeness (QED) is 0.719. The molecular formula is C19H22N4O2. The van der Waals surface area contributed by atoms with Crippen molar-refractivity contribution < 1.29 is 9.53 Å². The van der Waals surface area contributed by atoms with Crippen LogP contribution in [-0.2, 0) is 17.9 Å². The van der Waals surface area contributed by atoms with E-state index in [-0.39, 0.29) is 5.91 Å². The standard InChI is InChI=1S/C19H22N4O2/c1-14-20-9-11-23(14)10-5-8-18(24)21-13-15-12-19(25-2)22-17-7-4-3-6-16(15)17/h3-4,6-7,9,11-12H,5,8,10,13H2,1-2H3,(H,21,24). The summed E-state index contributed by atoms with van der Waals surface area (Å²) in [4.78, 5) is 20.7. The number of hydrogen-bond acceptors (Lipinski definition) is 4. The fraction of sp³-hybridized carbons (Fsp3) is 0.316. The molecule has 0 fully saturated rings. The van der Waals surface area contributed by atoms with Crippen molar-refractivity contribution in [3.05, 3.63) is 54.1 Å². The normalized spacial score (nSPS) is 10.8. The van der Waals surface area contributed by atoms with E-state index in [4.69, 9.17) is 4.74 Å². The molecular weight excluding hydrogens is 316 g/mol. The predicted molar refractivity (Wildman–Crippen MR) is 96.3 cm³/mol. The van der Waals surface area contributed by atoms with Gasteiger partial charge in [0.2, 0.25) is 11.8 Å². The van der Waals surface area contributed by atoms with Gasteiger partial charge < -0.3 is 14.6 Å². The largest absolute Gasteiger partial charge is 0.481 e. The van der Waals surface area contributed by atoms with Crippen LogP contribution in [0.15, 0.2) is 42.7 Å². The van der Waals surface area contributed by atoms with Crippen LogP contribution in [0.4, 0.5) is 0 Å². The molecule has 0 radical (unpaired) electrons. The number of nitrogens with one attached hydrogen (secondary N) is 1. The molecule has 130 valence electrons. The van der Waals surface area contributed by atoms with Gasteiger partial charge in [-0.1, -0.05) is 18.2 Å². The lowest BCUT2D eigenvalue weighted by Crippen LogP contribution is -2.23. The van der Waals surface area contributed by atoms with Gasteiger partial charge in [-0.25, -0.2) is 9.97 Å². The van der Waals surface area contributed by atoms with Crippen LogP contribution >= 0.6 is 0 Å². The SMILES string of the molecule is COc1cc(CNC(=O)CCCn2ccnc2C)c2ccccc2n1. The van der Waals surface area contributed by atoms with Crippen LogP contribution in [0.1, 0.15) is 24.2 Å². The number of rotatable bonds is 7. The average molecular weight is 338 g/mol. The van der Waals surface area contributed by atoms with Gasteiger partial charge in [0.05, 0.1) is 12.6 Å². The van der Waals surface area contributed by atoms with E-state index in [1.54, 1.807) is 13.3 Å². The Balaban J connectivity index is 1.58. The number of aryl methyl sites for hydroxylation is 2. The third-order valence-corrected chi connectivity index (χ3v) is 4.19. The Morgan fingerprint density at radius 2 is 2.16 bits per heavy atom. The number of amides is 1. The first kappa shape index (κ1) is 17.0. The zero-order valence-electron chi connectivity index (χ0n) is 14.5. The number of fused-ring (bicyclic) bond motifs is 1. The highest BCUT2D eigenvalue weighted by Crippen LogP contribution is 2.21. The highest BCUT2D eigenvalue weighted by molar-refractivity contribution is 5.83. The molecule has 0 atom stereocenters. The molecule has 6 nitrogen and oxygen atoms in total. The summed E-state index contributed by atoms with van der Waals surface area (Å²) in [5.74, 6) is 1.56. The molecule has 0 aliphatic heterocycles. The van der Waals surface area contributed by atoms with E-state index in [1.165, 1.54) is 0 Å². The summed E-state index contributed by atoms with van der Waals surface area (Å²) >= 11 is 0. The second-order valence-corrected chi connectivity index (χ2v) is 5.89. The first-order valence-corrected chi connectivity index (χ1v) is 8.34. The fourth-order valence-electron chi connectivity index (χ4n) is 2.80. The Morgan fingerprint density at radius 1 is 1.32 bits per heavy atom. The van der Waals surface area contributed by atoms with Gasteiger partial charge in [0.25, 0.3) is 0 Å². The molecule has 3 rings (SSSR count). The molecule has 1 aromatic carbocycles. The molecule has 25 heavy (non-hydrogen) atoms. The third-order valence-electron chi connectivity index (χ3n) is 4.19. The van der Waals surface area contributed by atoms with Crippen molar-refractivity contribution in [3.8, 4) is 5.88 Å². The molecule has 0 saturated carbocycles. The van der Waals surface area contributed by atoms with Gasteiger partial charge in [0.1, 0.15) is 5.82 Å². The topological polar surface area (TPSA) is 69.0 Å². The van der Waals surface area contributed by atoms with Gasteiger partial charge in [0.15, 0.2) is 0 Å². The van der Waals surface area contributed by atoms with Crippen LogP contribution in [0.25, 0.3) is 10.9 Å². The molecule has 3 aromatic rings. The molecule has 1 N–H and O–H groups in total. The number of carbonyl (C=O) groups is 1. The van der Waals surface area contributed by atoms with Gasteiger partial charge >= 0.3 is 0 Å². The summed E-state index contributed by atoms with van der Waals surface area (Å²) in [5.41, 5.74) is 1.86. The highest BCUT2D eigenvalue weighted by atomic mass is 16.5. The first-order valence-electron chi connectivity index (χ1n) is 8.34. The van der Waals surface area contributed by atoms with Crippen molar-refractivity contribution in [1.29, 1.82) is 0 Å². The minimum Gasteiger partial charge on any atom is -0.481 e. The molecule has 0 spiro atoms.